The van der Waals surface area contributed by atoms with Crippen LogP contribution in [-0.2, 0) is 10.2 Å². The summed E-state index contributed by atoms with van der Waals surface area (Å²) in [5.41, 5.74) is 5.18. The van der Waals surface area contributed by atoms with Gasteiger partial charge in [-0.25, -0.2) is 9.37 Å². The van der Waals surface area contributed by atoms with Crippen molar-refractivity contribution in [3.05, 3.63) is 29.0 Å². The first-order valence-corrected chi connectivity index (χ1v) is 5.59. The monoisotopic (exact) mass is 238 g/mol. The molecule has 0 aliphatic carbocycles. The Balaban J connectivity index is 2.59. The van der Waals surface area contributed by atoms with Crippen LogP contribution in [0.3, 0.4) is 0 Å². The highest BCUT2D eigenvalue weighted by atomic mass is 32.1. The number of carbonyl (C=O) groups is 1. The summed E-state index contributed by atoms with van der Waals surface area (Å²) < 4.78 is 13.7. The van der Waals surface area contributed by atoms with Crippen molar-refractivity contribution in [2.45, 2.75) is 19.3 Å². The number of primary amides is 1. The van der Waals surface area contributed by atoms with Gasteiger partial charge in [-0.3, -0.25) is 4.79 Å². The Morgan fingerprint density at radius 2 is 2.19 bits per heavy atom. The number of benzene rings is 1. The lowest BCUT2D eigenvalue weighted by Gasteiger charge is -2.16. The zero-order chi connectivity index (χ0) is 11.9. The molecule has 1 aromatic heterocycles. The highest BCUT2D eigenvalue weighted by Gasteiger charge is 2.31. The van der Waals surface area contributed by atoms with Crippen LogP contribution in [0.15, 0.2) is 18.2 Å². The van der Waals surface area contributed by atoms with Gasteiger partial charge < -0.3 is 5.73 Å². The Labute approximate surface area is 96.1 Å². The fourth-order valence-electron chi connectivity index (χ4n) is 1.27. The summed E-state index contributed by atoms with van der Waals surface area (Å²) in [5, 5.41) is 0.612. The van der Waals surface area contributed by atoms with E-state index in [4.69, 9.17) is 5.73 Å². The number of nitrogens with zero attached hydrogens (tertiary/aromatic N) is 1. The average molecular weight is 238 g/mol. The fraction of sp³-hybridized carbons (Fsp3) is 0.273. The van der Waals surface area contributed by atoms with E-state index in [9.17, 15) is 9.18 Å². The van der Waals surface area contributed by atoms with Crippen molar-refractivity contribution in [3.8, 4) is 0 Å². The van der Waals surface area contributed by atoms with Gasteiger partial charge in [0.25, 0.3) is 0 Å². The molecule has 0 saturated carbocycles. The van der Waals surface area contributed by atoms with Crippen LogP contribution >= 0.6 is 11.3 Å². The summed E-state index contributed by atoms with van der Waals surface area (Å²) >= 11 is 1.29. The number of halogens is 1. The van der Waals surface area contributed by atoms with Crippen molar-refractivity contribution in [1.29, 1.82) is 0 Å². The molecule has 84 valence electrons. The van der Waals surface area contributed by atoms with Gasteiger partial charge in [0.15, 0.2) is 0 Å². The van der Waals surface area contributed by atoms with Gasteiger partial charge in [-0.15, -0.1) is 11.3 Å². The summed E-state index contributed by atoms with van der Waals surface area (Å²) in [7, 11) is 0. The first-order valence-electron chi connectivity index (χ1n) is 4.78. The molecule has 0 bridgehead atoms. The molecule has 1 heterocycles. The molecule has 2 N–H and O–H groups in total. The van der Waals surface area contributed by atoms with Gasteiger partial charge in [-0.2, -0.15) is 0 Å². The largest absolute Gasteiger partial charge is 0.369 e. The number of carbonyl (C=O) groups excluding carboxylic acids is 1. The molecule has 0 aliphatic rings. The van der Waals surface area contributed by atoms with E-state index in [2.05, 4.69) is 4.98 Å². The fourth-order valence-corrected chi connectivity index (χ4v) is 2.37. The van der Waals surface area contributed by atoms with Crippen LogP contribution in [0.1, 0.15) is 18.9 Å². The molecular formula is C11H11FN2OS. The Morgan fingerprint density at radius 1 is 1.50 bits per heavy atom. The minimum atomic E-state index is -0.819. The topological polar surface area (TPSA) is 56.0 Å². The van der Waals surface area contributed by atoms with Gasteiger partial charge in [-0.05, 0) is 32.0 Å². The predicted molar refractivity (Wildman–Crippen MR) is 61.8 cm³/mol. The minimum Gasteiger partial charge on any atom is -0.369 e. The quantitative estimate of drug-likeness (QED) is 0.872. The molecule has 16 heavy (non-hydrogen) atoms. The maximum Gasteiger partial charge on any atom is 0.229 e. The molecule has 0 saturated heterocycles. The van der Waals surface area contributed by atoms with E-state index in [0.717, 1.165) is 4.70 Å². The summed E-state index contributed by atoms with van der Waals surface area (Å²) in [6.07, 6.45) is 0. The Morgan fingerprint density at radius 3 is 2.81 bits per heavy atom. The maximum atomic E-state index is 13.0. The van der Waals surface area contributed by atoms with Crippen molar-refractivity contribution >= 4 is 27.5 Å². The first kappa shape index (κ1) is 11.0. The molecule has 1 aromatic carbocycles. The first-order chi connectivity index (χ1) is 7.41. The zero-order valence-corrected chi connectivity index (χ0v) is 9.77. The van der Waals surface area contributed by atoms with Gasteiger partial charge in [0, 0.05) is 0 Å². The second kappa shape index (κ2) is 3.52. The van der Waals surface area contributed by atoms with Gasteiger partial charge >= 0.3 is 0 Å². The molecule has 0 spiro atoms. The van der Waals surface area contributed by atoms with Crippen LogP contribution < -0.4 is 5.73 Å². The number of thiazole rings is 1. The second-order valence-electron chi connectivity index (χ2n) is 4.12. The summed E-state index contributed by atoms with van der Waals surface area (Å²) in [4.78, 5) is 15.6. The van der Waals surface area contributed by atoms with Crippen LogP contribution in [0.2, 0.25) is 0 Å². The van der Waals surface area contributed by atoms with Gasteiger partial charge in [0.2, 0.25) is 5.91 Å². The molecule has 2 rings (SSSR count). The smallest absolute Gasteiger partial charge is 0.229 e. The molecule has 0 aliphatic heterocycles. The van der Waals surface area contributed by atoms with Gasteiger partial charge in [0.05, 0.1) is 15.6 Å². The van der Waals surface area contributed by atoms with Crippen LogP contribution in [0.25, 0.3) is 10.2 Å². The number of fused-ring (bicyclic) bond motifs is 1. The summed E-state index contributed by atoms with van der Waals surface area (Å²) in [5.74, 6) is -0.744. The molecule has 0 unspecified atom stereocenters. The number of amides is 1. The standard InChI is InChI=1S/C11H11FN2OS/c1-11(2,9(13)15)10-14-7-4-3-6(12)5-8(7)16-10/h3-5H,1-2H3,(H2,13,15). The molecule has 1 amide bonds. The van der Waals surface area contributed by atoms with Crippen LogP contribution in [0, 0.1) is 5.82 Å². The number of hydrogen-bond acceptors (Lipinski definition) is 3. The summed E-state index contributed by atoms with van der Waals surface area (Å²) in [6, 6.07) is 4.36. The van der Waals surface area contributed by atoms with E-state index < -0.39 is 11.3 Å². The maximum absolute atomic E-state index is 13.0. The van der Waals surface area contributed by atoms with Crippen LogP contribution in [-0.4, -0.2) is 10.9 Å². The van der Waals surface area contributed by atoms with E-state index in [-0.39, 0.29) is 5.82 Å². The van der Waals surface area contributed by atoms with Crippen molar-refractivity contribution in [3.63, 3.8) is 0 Å². The molecule has 2 aromatic rings. The van der Waals surface area contributed by atoms with Crippen molar-refractivity contribution in [2.75, 3.05) is 0 Å². The average Bonchev–Trinajstić information content (AvgIpc) is 2.60. The normalized spacial score (nSPS) is 11.9. The molecular weight excluding hydrogens is 227 g/mol. The summed E-state index contributed by atoms with van der Waals surface area (Å²) in [6.45, 7) is 3.42. The highest BCUT2D eigenvalue weighted by Crippen LogP contribution is 2.31. The Bertz CT molecular complexity index is 562. The lowest BCUT2D eigenvalue weighted by molar-refractivity contribution is -0.122. The second-order valence-corrected chi connectivity index (χ2v) is 5.15. The van der Waals surface area contributed by atoms with Crippen LogP contribution in [0.5, 0.6) is 0 Å². The Hall–Kier alpha value is -1.49. The molecule has 0 radical (unpaired) electrons. The zero-order valence-electron chi connectivity index (χ0n) is 8.95. The minimum absolute atomic E-state index is 0.306. The van der Waals surface area contributed by atoms with E-state index in [1.807, 2.05) is 0 Å². The SMILES string of the molecule is CC(C)(C(N)=O)c1nc2ccc(F)cc2s1. The lowest BCUT2D eigenvalue weighted by Crippen LogP contribution is -2.35. The van der Waals surface area contributed by atoms with Crippen molar-refractivity contribution in [1.82, 2.24) is 4.98 Å². The number of rotatable bonds is 2. The van der Waals surface area contributed by atoms with E-state index >= 15 is 0 Å². The predicted octanol–water partition coefficient (Wildman–Crippen LogP) is 2.20. The Kier molecular flexibility index (Phi) is 2.42. The number of nitrogens with two attached hydrogens (primary N) is 1. The van der Waals surface area contributed by atoms with Crippen molar-refractivity contribution < 1.29 is 9.18 Å². The van der Waals surface area contributed by atoms with E-state index in [1.54, 1.807) is 19.9 Å². The van der Waals surface area contributed by atoms with Gasteiger partial charge in [0.1, 0.15) is 10.8 Å². The van der Waals surface area contributed by atoms with Gasteiger partial charge in [-0.1, -0.05) is 0 Å². The third-order valence-corrected chi connectivity index (χ3v) is 3.84. The molecule has 0 atom stereocenters. The van der Waals surface area contributed by atoms with Crippen LogP contribution in [0.4, 0.5) is 4.39 Å². The van der Waals surface area contributed by atoms with E-state index in [0.29, 0.717) is 10.5 Å². The third-order valence-electron chi connectivity index (χ3n) is 2.50. The molecule has 0 fully saturated rings. The van der Waals surface area contributed by atoms with E-state index in [1.165, 1.54) is 23.5 Å². The third kappa shape index (κ3) is 1.67. The highest BCUT2D eigenvalue weighted by molar-refractivity contribution is 7.18. The lowest BCUT2D eigenvalue weighted by atomic mass is 9.94. The number of hydrogen-bond donors (Lipinski definition) is 1. The number of aromatic nitrogens is 1. The molecule has 3 nitrogen and oxygen atoms in total. The molecule has 5 heteroatoms. The van der Waals surface area contributed by atoms with Crippen molar-refractivity contribution in [2.24, 2.45) is 5.73 Å².